The second-order valence-corrected chi connectivity index (χ2v) is 8.08. The molecule has 1 aromatic carbocycles. The average Bonchev–Trinajstić information content (AvgIpc) is 3.33. The molecule has 164 valence electrons. The zero-order chi connectivity index (χ0) is 22.4. The number of hydrogen-bond acceptors (Lipinski definition) is 4. The van der Waals surface area contributed by atoms with Crippen LogP contribution in [0.15, 0.2) is 47.1 Å². The van der Waals surface area contributed by atoms with Crippen molar-refractivity contribution in [3.05, 3.63) is 70.9 Å². The molecule has 0 aliphatic carbocycles. The van der Waals surface area contributed by atoms with Gasteiger partial charge in [0.25, 0.3) is 5.91 Å². The molecule has 0 atom stereocenters. The SMILES string of the molecule is Cc1nn(CC(C)C)c(C)c1CCC(=O)Nc1ccccc1C(=O)NCc1ccco1. The first-order valence-electron chi connectivity index (χ1n) is 10.6. The van der Waals surface area contributed by atoms with Crippen molar-refractivity contribution < 1.29 is 14.0 Å². The number of rotatable bonds is 9. The van der Waals surface area contributed by atoms with E-state index in [0.29, 0.717) is 35.8 Å². The molecule has 0 spiro atoms. The van der Waals surface area contributed by atoms with E-state index in [1.807, 2.05) is 18.5 Å². The Hall–Kier alpha value is -3.35. The fourth-order valence-electron chi connectivity index (χ4n) is 3.54. The molecule has 7 nitrogen and oxygen atoms in total. The maximum atomic E-state index is 12.6. The van der Waals surface area contributed by atoms with Crippen molar-refractivity contribution in [3.8, 4) is 0 Å². The van der Waals surface area contributed by atoms with Gasteiger partial charge in [-0.3, -0.25) is 14.3 Å². The molecule has 0 bridgehead atoms. The standard InChI is InChI=1S/C24H30N4O3/c1-16(2)15-28-18(4)20(17(3)27-28)11-12-23(29)26-22-10-6-5-9-21(22)24(30)25-14-19-8-7-13-31-19/h5-10,13,16H,11-12,14-15H2,1-4H3,(H,25,30)(H,26,29). The van der Waals surface area contributed by atoms with Gasteiger partial charge in [-0.05, 0) is 56.0 Å². The van der Waals surface area contributed by atoms with Gasteiger partial charge in [0, 0.05) is 18.7 Å². The van der Waals surface area contributed by atoms with Crippen molar-refractivity contribution in [3.63, 3.8) is 0 Å². The zero-order valence-corrected chi connectivity index (χ0v) is 18.6. The van der Waals surface area contributed by atoms with Gasteiger partial charge in [0.05, 0.1) is 29.8 Å². The predicted molar refractivity (Wildman–Crippen MR) is 120 cm³/mol. The summed E-state index contributed by atoms with van der Waals surface area (Å²) in [6.07, 6.45) is 2.48. The summed E-state index contributed by atoms with van der Waals surface area (Å²) in [5.74, 6) is 0.763. The third-order valence-electron chi connectivity index (χ3n) is 5.12. The Labute approximate surface area is 182 Å². The van der Waals surface area contributed by atoms with Crippen LogP contribution in [0.25, 0.3) is 0 Å². The van der Waals surface area contributed by atoms with E-state index in [9.17, 15) is 9.59 Å². The molecule has 3 rings (SSSR count). The highest BCUT2D eigenvalue weighted by atomic mass is 16.3. The van der Waals surface area contributed by atoms with Crippen LogP contribution in [0.3, 0.4) is 0 Å². The van der Waals surface area contributed by atoms with E-state index in [1.165, 1.54) is 0 Å². The summed E-state index contributed by atoms with van der Waals surface area (Å²) < 4.78 is 7.26. The number of benzene rings is 1. The van der Waals surface area contributed by atoms with Gasteiger partial charge < -0.3 is 15.1 Å². The number of hydrogen-bond donors (Lipinski definition) is 2. The molecule has 0 aliphatic rings. The summed E-state index contributed by atoms with van der Waals surface area (Å²) >= 11 is 0. The molecule has 2 N–H and O–H groups in total. The van der Waals surface area contributed by atoms with Crippen molar-refractivity contribution in [2.75, 3.05) is 5.32 Å². The first-order valence-corrected chi connectivity index (χ1v) is 10.6. The molecular formula is C24H30N4O3. The number of para-hydroxylation sites is 1. The third kappa shape index (κ3) is 5.84. The van der Waals surface area contributed by atoms with E-state index in [2.05, 4.69) is 29.6 Å². The number of amides is 2. The Balaban J connectivity index is 1.61. The first-order chi connectivity index (χ1) is 14.8. The van der Waals surface area contributed by atoms with Crippen LogP contribution >= 0.6 is 0 Å². The van der Waals surface area contributed by atoms with Gasteiger partial charge in [-0.15, -0.1) is 0 Å². The predicted octanol–water partition coefficient (Wildman–Crippen LogP) is 4.25. The Morgan fingerprint density at radius 1 is 1.13 bits per heavy atom. The lowest BCUT2D eigenvalue weighted by molar-refractivity contribution is -0.116. The van der Waals surface area contributed by atoms with E-state index < -0.39 is 0 Å². The summed E-state index contributed by atoms with van der Waals surface area (Å²) in [4.78, 5) is 25.2. The zero-order valence-electron chi connectivity index (χ0n) is 18.6. The lowest BCUT2D eigenvalue weighted by Crippen LogP contribution is -2.24. The number of anilines is 1. The van der Waals surface area contributed by atoms with Gasteiger partial charge in [-0.2, -0.15) is 5.10 Å². The number of carbonyl (C=O) groups is 2. The minimum absolute atomic E-state index is 0.137. The van der Waals surface area contributed by atoms with E-state index in [-0.39, 0.29) is 18.4 Å². The lowest BCUT2D eigenvalue weighted by atomic mass is 10.1. The van der Waals surface area contributed by atoms with Crippen LogP contribution in [0, 0.1) is 19.8 Å². The molecule has 31 heavy (non-hydrogen) atoms. The summed E-state index contributed by atoms with van der Waals surface area (Å²) in [5, 5.41) is 10.3. The molecular weight excluding hydrogens is 392 g/mol. The smallest absolute Gasteiger partial charge is 0.253 e. The van der Waals surface area contributed by atoms with E-state index >= 15 is 0 Å². The second-order valence-electron chi connectivity index (χ2n) is 8.08. The summed E-state index contributed by atoms with van der Waals surface area (Å²) in [6, 6.07) is 10.6. The Kier molecular flexibility index (Phi) is 7.28. The highest BCUT2D eigenvalue weighted by Crippen LogP contribution is 2.19. The third-order valence-corrected chi connectivity index (χ3v) is 5.12. The number of nitrogens with zero attached hydrogens (tertiary/aromatic N) is 2. The molecule has 3 aromatic rings. The Bertz CT molecular complexity index is 1040. The minimum Gasteiger partial charge on any atom is -0.467 e. The van der Waals surface area contributed by atoms with Gasteiger partial charge >= 0.3 is 0 Å². The molecule has 0 saturated carbocycles. The van der Waals surface area contributed by atoms with Crippen molar-refractivity contribution in [1.82, 2.24) is 15.1 Å². The summed E-state index contributed by atoms with van der Waals surface area (Å²) in [7, 11) is 0. The van der Waals surface area contributed by atoms with E-state index in [1.54, 1.807) is 42.7 Å². The largest absolute Gasteiger partial charge is 0.467 e. The highest BCUT2D eigenvalue weighted by molar-refractivity contribution is 6.03. The fourth-order valence-corrected chi connectivity index (χ4v) is 3.54. The van der Waals surface area contributed by atoms with Gasteiger partial charge in [0.2, 0.25) is 5.91 Å². The van der Waals surface area contributed by atoms with E-state index in [0.717, 1.165) is 23.5 Å². The quantitative estimate of drug-likeness (QED) is 0.539. The summed E-state index contributed by atoms with van der Waals surface area (Å²) in [6.45, 7) is 9.49. The number of aryl methyl sites for hydroxylation is 1. The average molecular weight is 423 g/mol. The molecule has 0 unspecified atom stereocenters. The molecule has 2 aromatic heterocycles. The first kappa shape index (κ1) is 22.3. The number of aromatic nitrogens is 2. The Morgan fingerprint density at radius 3 is 2.61 bits per heavy atom. The highest BCUT2D eigenvalue weighted by Gasteiger charge is 2.16. The lowest BCUT2D eigenvalue weighted by Gasteiger charge is -2.11. The number of nitrogens with one attached hydrogen (secondary N) is 2. The minimum atomic E-state index is -0.269. The van der Waals surface area contributed by atoms with Gasteiger partial charge in [0.15, 0.2) is 0 Å². The van der Waals surface area contributed by atoms with Crippen molar-refractivity contribution in [2.24, 2.45) is 5.92 Å². The maximum Gasteiger partial charge on any atom is 0.253 e. The van der Waals surface area contributed by atoms with Crippen molar-refractivity contribution >= 4 is 17.5 Å². The second kappa shape index (κ2) is 10.1. The number of carbonyl (C=O) groups excluding carboxylic acids is 2. The topological polar surface area (TPSA) is 89.2 Å². The maximum absolute atomic E-state index is 12.6. The van der Waals surface area contributed by atoms with Crippen LogP contribution in [0.4, 0.5) is 5.69 Å². The van der Waals surface area contributed by atoms with Gasteiger partial charge in [-0.1, -0.05) is 26.0 Å². The molecule has 0 aliphatic heterocycles. The molecule has 0 saturated heterocycles. The van der Waals surface area contributed by atoms with Crippen LogP contribution in [-0.2, 0) is 24.3 Å². The molecule has 0 fully saturated rings. The normalized spacial score (nSPS) is 11.0. The van der Waals surface area contributed by atoms with Crippen LogP contribution in [0.2, 0.25) is 0 Å². The van der Waals surface area contributed by atoms with Crippen LogP contribution in [-0.4, -0.2) is 21.6 Å². The van der Waals surface area contributed by atoms with Crippen molar-refractivity contribution in [1.29, 1.82) is 0 Å². The molecule has 0 radical (unpaired) electrons. The van der Waals surface area contributed by atoms with Gasteiger partial charge in [0.1, 0.15) is 5.76 Å². The number of furan rings is 1. The van der Waals surface area contributed by atoms with Gasteiger partial charge in [-0.25, -0.2) is 0 Å². The van der Waals surface area contributed by atoms with Crippen LogP contribution in [0.5, 0.6) is 0 Å². The van der Waals surface area contributed by atoms with Crippen LogP contribution in [0.1, 0.15) is 53.3 Å². The monoisotopic (exact) mass is 422 g/mol. The summed E-state index contributed by atoms with van der Waals surface area (Å²) in [5.41, 5.74) is 4.09. The molecule has 2 amide bonds. The fraction of sp³-hybridized carbons (Fsp3) is 0.375. The Morgan fingerprint density at radius 2 is 1.90 bits per heavy atom. The van der Waals surface area contributed by atoms with E-state index in [4.69, 9.17) is 4.42 Å². The molecule has 2 heterocycles. The van der Waals surface area contributed by atoms with Crippen LogP contribution < -0.4 is 10.6 Å². The molecule has 7 heteroatoms. The van der Waals surface area contributed by atoms with Crippen molar-refractivity contribution in [2.45, 2.75) is 53.6 Å².